The predicted molar refractivity (Wildman–Crippen MR) is 66.1 cm³/mol. The summed E-state index contributed by atoms with van der Waals surface area (Å²) in [6.45, 7) is 3.98. The summed E-state index contributed by atoms with van der Waals surface area (Å²) >= 11 is 1.51. The van der Waals surface area contributed by atoms with Gasteiger partial charge in [0.15, 0.2) is 5.16 Å². The zero-order valence-corrected chi connectivity index (χ0v) is 10.1. The molecule has 1 amide bonds. The zero-order valence-electron chi connectivity index (χ0n) is 9.26. The van der Waals surface area contributed by atoms with Gasteiger partial charge in [0.2, 0.25) is 5.91 Å². The summed E-state index contributed by atoms with van der Waals surface area (Å²) in [5, 5.41) is 3.40. The Hall–Kier alpha value is -1.56. The molecule has 1 N–H and O–H groups in total. The average Bonchev–Trinajstić information content (AvgIpc) is 2.71. The topological polar surface area (TPSA) is 64.0 Å². The largest absolute Gasteiger partial charge is 0.353 e. The third kappa shape index (κ3) is 2.58. The zero-order chi connectivity index (χ0) is 12.3. The van der Waals surface area contributed by atoms with E-state index in [0.717, 1.165) is 0 Å². The van der Waals surface area contributed by atoms with Crippen molar-refractivity contribution < 1.29 is 4.79 Å². The van der Waals surface area contributed by atoms with Crippen LogP contribution in [0.25, 0.3) is 0 Å². The second-order valence-corrected chi connectivity index (χ2v) is 4.68. The second-order valence-electron chi connectivity index (χ2n) is 3.70. The van der Waals surface area contributed by atoms with Crippen molar-refractivity contribution in [1.82, 2.24) is 14.9 Å². The SMILES string of the molecule is C=CCNC(=O)C[C@H]1CSc2nccc(=O)n21. The first kappa shape index (κ1) is 11.9. The van der Waals surface area contributed by atoms with Crippen molar-refractivity contribution in [2.75, 3.05) is 12.3 Å². The van der Waals surface area contributed by atoms with E-state index in [1.165, 1.54) is 24.0 Å². The average molecular weight is 251 g/mol. The molecule has 1 aromatic heterocycles. The highest BCUT2D eigenvalue weighted by Gasteiger charge is 2.26. The molecule has 0 unspecified atom stereocenters. The van der Waals surface area contributed by atoms with Crippen molar-refractivity contribution in [2.45, 2.75) is 17.6 Å². The molecule has 0 aromatic carbocycles. The maximum atomic E-state index is 11.7. The van der Waals surface area contributed by atoms with Crippen LogP contribution in [0.4, 0.5) is 0 Å². The number of carbonyl (C=O) groups is 1. The van der Waals surface area contributed by atoms with Gasteiger partial charge in [0.25, 0.3) is 5.56 Å². The fraction of sp³-hybridized carbons (Fsp3) is 0.364. The van der Waals surface area contributed by atoms with Gasteiger partial charge in [-0.1, -0.05) is 17.8 Å². The maximum absolute atomic E-state index is 11.7. The van der Waals surface area contributed by atoms with Crippen LogP contribution in [0.15, 0.2) is 34.9 Å². The van der Waals surface area contributed by atoms with E-state index < -0.39 is 0 Å². The Morgan fingerprint density at radius 2 is 2.59 bits per heavy atom. The van der Waals surface area contributed by atoms with Crippen LogP contribution in [-0.4, -0.2) is 27.8 Å². The number of nitrogens with zero attached hydrogens (tertiary/aromatic N) is 2. The standard InChI is InChI=1S/C11H13N3O2S/c1-2-4-12-9(15)6-8-7-17-11-13-5-3-10(16)14(8)11/h2-3,5,8H,1,4,6-7H2,(H,12,15)/t8-/m0/s1. The Morgan fingerprint density at radius 3 is 3.35 bits per heavy atom. The van der Waals surface area contributed by atoms with Gasteiger partial charge in [-0.05, 0) is 0 Å². The molecule has 5 nitrogen and oxygen atoms in total. The molecule has 0 spiro atoms. The molecule has 0 aliphatic carbocycles. The number of carbonyl (C=O) groups excluding carboxylic acids is 1. The molecule has 1 atom stereocenters. The lowest BCUT2D eigenvalue weighted by Gasteiger charge is -2.12. The number of hydrogen-bond acceptors (Lipinski definition) is 4. The van der Waals surface area contributed by atoms with Gasteiger partial charge in [-0.2, -0.15) is 0 Å². The molecule has 6 heteroatoms. The third-order valence-electron chi connectivity index (χ3n) is 2.48. The lowest BCUT2D eigenvalue weighted by molar-refractivity contribution is -0.121. The molecule has 90 valence electrons. The van der Waals surface area contributed by atoms with Gasteiger partial charge in [0.1, 0.15) is 0 Å². The van der Waals surface area contributed by atoms with Crippen LogP contribution in [0.2, 0.25) is 0 Å². The van der Waals surface area contributed by atoms with Crippen LogP contribution < -0.4 is 10.9 Å². The Bertz CT molecular complexity index is 498. The molecule has 1 aliphatic heterocycles. The minimum absolute atomic E-state index is 0.0703. The van der Waals surface area contributed by atoms with Crippen molar-refractivity contribution in [3.8, 4) is 0 Å². The van der Waals surface area contributed by atoms with Gasteiger partial charge in [-0.3, -0.25) is 14.2 Å². The summed E-state index contributed by atoms with van der Waals surface area (Å²) in [6, 6.07) is 1.32. The van der Waals surface area contributed by atoms with Crippen molar-refractivity contribution in [2.24, 2.45) is 0 Å². The smallest absolute Gasteiger partial charge is 0.254 e. The van der Waals surface area contributed by atoms with Crippen LogP contribution in [-0.2, 0) is 4.79 Å². The van der Waals surface area contributed by atoms with E-state index in [4.69, 9.17) is 0 Å². The highest BCUT2D eigenvalue weighted by molar-refractivity contribution is 7.99. The molecule has 2 heterocycles. The number of thioether (sulfide) groups is 1. The summed E-state index contributed by atoms with van der Waals surface area (Å²) < 4.78 is 1.60. The number of fused-ring (bicyclic) bond motifs is 1. The number of amides is 1. The lowest BCUT2D eigenvalue weighted by Crippen LogP contribution is -2.30. The molecule has 0 saturated carbocycles. The van der Waals surface area contributed by atoms with Gasteiger partial charge in [-0.15, -0.1) is 6.58 Å². The number of aromatic nitrogens is 2. The minimum atomic E-state index is -0.0963. The van der Waals surface area contributed by atoms with E-state index in [1.54, 1.807) is 10.6 Å². The van der Waals surface area contributed by atoms with Crippen molar-refractivity contribution in [3.63, 3.8) is 0 Å². The molecule has 2 rings (SSSR count). The van der Waals surface area contributed by atoms with Crippen LogP contribution in [0.1, 0.15) is 12.5 Å². The van der Waals surface area contributed by atoms with E-state index in [0.29, 0.717) is 23.9 Å². The summed E-state index contributed by atoms with van der Waals surface area (Å²) in [5.74, 6) is 0.646. The van der Waals surface area contributed by atoms with E-state index >= 15 is 0 Å². The first-order chi connectivity index (χ1) is 8.22. The molecule has 0 radical (unpaired) electrons. The second kappa shape index (κ2) is 5.18. The van der Waals surface area contributed by atoms with Crippen LogP contribution in [0.3, 0.4) is 0 Å². The number of hydrogen-bond donors (Lipinski definition) is 1. The van der Waals surface area contributed by atoms with Crippen molar-refractivity contribution in [1.29, 1.82) is 0 Å². The first-order valence-electron chi connectivity index (χ1n) is 5.30. The van der Waals surface area contributed by atoms with Crippen molar-refractivity contribution >= 4 is 17.7 Å². The maximum Gasteiger partial charge on any atom is 0.254 e. The van der Waals surface area contributed by atoms with Gasteiger partial charge >= 0.3 is 0 Å². The Balaban J connectivity index is 2.09. The Kier molecular flexibility index (Phi) is 3.63. The van der Waals surface area contributed by atoms with E-state index in [2.05, 4.69) is 16.9 Å². The summed E-state index contributed by atoms with van der Waals surface area (Å²) in [4.78, 5) is 27.4. The van der Waals surface area contributed by atoms with Gasteiger partial charge in [-0.25, -0.2) is 4.98 Å². The molecule has 0 bridgehead atoms. The molecule has 1 aromatic rings. The van der Waals surface area contributed by atoms with E-state index in [9.17, 15) is 9.59 Å². The predicted octanol–water partition coefficient (Wildman–Crippen LogP) is 0.582. The number of rotatable bonds is 4. The van der Waals surface area contributed by atoms with Gasteiger partial charge < -0.3 is 5.32 Å². The highest BCUT2D eigenvalue weighted by atomic mass is 32.2. The van der Waals surface area contributed by atoms with E-state index in [-0.39, 0.29) is 17.5 Å². The van der Waals surface area contributed by atoms with E-state index in [1.807, 2.05) is 0 Å². The molecule has 17 heavy (non-hydrogen) atoms. The fourth-order valence-corrected chi connectivity index (χ4v) is 2.83. The van der Waals surface area contributed by atoms with Gasteiger partial charge in [0, 0.05) is 31.0 Å². The molecule has 0 saturated heterocycles. The lowest BCUT2D eigenvalue weighted by atomic mass is 10.2. The molecule has 1 aliphatic rings. The fourth-order valence-electron chi connectivity index (χ4n) is 1.71. The summed E-state index contributed by atoms with van der Waals surface area (Å²) in [6.07, 6.45) is 3.43. The van der Waals surface area contributed by atoms with Crippen LogP contribution >= 0.6 is 11.8 Å². The first-order valence-corrected chi connectivity index (χ1v) is 6.29. The Labute approximate surface area is 103 Å². The van der Waals surface area contributed by atoms with Gasteiger partial charge in [0.05, 0.1) is 6.04 Å². The minimum Gasteiger partial charge on any atom is -0.353 e. The normalized spacial score (nSPS) is 17.5. The van der Waals surface area contributed by atoms with Crippen LogP contribution in [0, 0.1) is 0 Å². The Morgan fingerprint density at radius 1 is 1.76 bits per heavy atom. The summed E-state index contributed by atoms with van der Waals surface area (Å²) in [7, 11) is 0. The molecular weight excluding hydrogens is 238 g/mol. The quantitative estimate of drug-likeness (QED) is 0.628. The van der Waals surface area contributed by atoms with Crippen molar-refractivity contribution in [3.05, 3.63) is 35.3 Å². The number of nitrogens with one attached hydrogen (secondary N) is 1. The molecule has 0 fully saturated rings. The summed E-state index contributed by atoms with van der Waals surface area (Å²) in [5.41, 5.74) is -0.0958. The van der Waals surface area contributed by atoms with Crippen LogP contribution in [0.5, 0.6) is 0 Å². The molecular formula is C11H13N3O2S. The third-order valence-corrected chi connectivity index (χ3v) is 3.59. The highest BCUT2D eigenvalue weighted by Crippen LogP contribution is 2.31. The monoisotopic (exact) mass is 251 g/mol.